The van der Waals surface area contributed by atoms with Crippen molar-refractivity contribution in [1.82, 2.24) is 20.5 Å². The zero-order valence-electron chi connectivity index (χ0n) is 15.9. The van der Waals surface area contributed by atoms with E-state index in [1.54, 1.807) is 6.07 Å². The number of aromatic nitrogens is 3. The molecule has 2 aromatic rings. The first-order chi connectivity index (χ1) is 13.6. The standard InChI is InChI=1S/C20H25N5O3/c1-12-3-2-4-16(21-12)20(27)22-15-9-14(10-15)17-11-18(25-24-17)23-19(26)13-5-7-28-8-6-13/h2-4,11,13-15H,5-10H2,1H3,(H,22,27)(H2,23,24,25,26). The molecule has 1 aliphatic carbocycles. The normalized spacial score (nSPS) is 22.3. The highest BCUT2D eigenvalue weighted by Crippen LogP contribution is 2.36. The SMILES string of the molecule is Cc1cccc(C(=O)NC2CC(c3cc(NC(=O)C4CCOCC4)n[nH]3)C2)n1. The maximum Gasteiger partial charge on any atom is 0.270 e. The van der Waals surface area contributed by atoms with Crippen molar-refractivity contribution in [2.45, 2.75) is 44.6 Å². The van der Waals surface area contributed by atoms with Crippen LogP contribution in [0.2, 0.25) is 0 Å². The fraction of sp³-hybridized carbons (Fsp3) is 0.500. The van der Waals surface area contributed by atoms with Crippen LogP contribution >= 0.6 is 0 Å². The van der Waals surface area contributed by atoms with E-state index in [4.69, 9.17) is 4.74 Å². The largest absolute Gasteiger partial charge is 0.381 e. The zero-order valence-corrected chi connectivity index (χ0v) is 15.9. The van der Waals surface area contributed by atoms with Crippen molar-refractivity contribution in [3.05, 3.63) is 41.3 Å². The lowest BCUT2D eigenvalue weighted by atomic mass is 9.78. The van der Waals surface area contributed by atoms with E-state index in [1.807, 2.05) is 25.1 Å². The molecule has 1 saturated heterocycles. The van der Waals surface area contributed by atoms with Gasteiger partial charge in [0.1, 0.15) is 5.69 Å². The molecule has 2 aliphatic rings. The lowest BCUT2D eigenvalue weighted by Crippen LogP contribution is -2.43. The third-order valence-electron chi connectivity index (χ3n) is 5.48. The number of aryl methyl sites for hydroxylation is 1. The summed E-state index contributed by atoms with van der Waals surface area (Å²) in [5, 5.41) is 13.1. The summed E-state index contributed by atoms with van der Waals surface area (Å²) in [4.78, 5) is 28.8. The van der Waals surface area contributed by atoms with E-state index in [-0.39, 0.29) is 23.8 Å². The van der Waals surface area contributed by atoms with Gasteiger partial charge < -0.3 is 15.4 Å². The third-order valence-corrected chi connectivity index (χ3v) is 5.48. The first-order valence-corrected chi connectivity index (χ1v) is 9.77. The molecular formula is C20H25N5O3. The minimum atomic E-state index is -0.138. The van der Waals surface area contributed by atoms with Gasteiger partial charge in [-0.05, 0) is 44.7 Å². The molecular weight excluding hydrogens is 358 g/mol. The number of pyridine rings is 1. The molecule has 0 unspecified atom stereocenters. The van der Waals surface area contributed by atoms with Gasteiger partial charge in [0, 0.05) is 48.5 Å². The van der Waals surface area contributed by atoms with Crippen LogP contribution in [-0.4, -0.2) is 46.3 Å². The van der Waals surface area contributed by atoms with Gasteiger partial charge in [-0.15, -0.1) is 0 Å². The number of anilines is 1. The molecule has 0 radical (unpaired) electrons. The fourth-order valence-electron chi connectivity index (χ4n) is 3.72. The Morgan fingerprint density at radius 2 is 2.00 bits per heavy atom. The van der Waals surface area contributed by atoms with E-state index in [1.165, 1.54) is 0 Å². The molecule has 8 heteroatoms. The highest BCUT2D eigenvalue weighted by Gasteiger charge is 2.33. The molecule has 3 heterocycles. The van der Waals surface area contributed by atoms with Crippen molar-refractivity contribution >= 4 is 17.6 Å². The second-order valence-corrected chi connectivity index (χ2v) is 7.59. The number of nitrogens with zero attached hydrogens (tertiary/aromatic N) is 2. The molecule has 0 bridgehead atoms. The molecule has 28 heavy (non-hydrogen) atoms. The van der Waals surface area contributed by atoms with Gasteiger partial charge in [0.25, 0.3) is 5.91 Å². The lowest BCUT2D eigenvalue weighted by Gasteiger charge is -2.34. The van der Waals surface area contributed by atoms with Crippen LogP contribution in [0.15, 0.2) is 24.3 Å². The molecule has 1 aliphatic heterocycles. The van der Waals surface area contributed by atoms with Crippen molar-refractivity contribution in [2.24, 2.45) is 5.92 Å². The number of H-pyrrole nitrogens is 1. The quantitative estimate of drug-likeness (QED) is 0.733. The number of carbonyl (C=O) groups excluding carboxylic acids is 2. The molecule has 3 N–H and O–H groups in total. The Bertz CT molecular complexity index is 853. The van der Waals surface area contributed by atoms with Crippen LogP contribution in [0.5, 0.6) is 0 Å². The Balaban J connectivity index is 1.26. The second kappa shape index (κ2) is 8.10. The van der Waals surface area contributed by atoms with Crippen LogP contribution in [0.1, 0.15) is 53.5 Å². The van der Waals surface area contributed by atoms with E-state index in [9.17, 15) is 9.59 Å². The van der Waals surface area contributed by atoms with E-state index >= 15 is 0 Å². The summed E-state index contributed by atoms with van der Waals surface area (Å²) in [5.74, 6) is 0.722. The summed E-state index contributed by atoms with van der Waals surface area (Å²) in [6, 6.07) is 7.44. The van der Waals surface area contributed by atoms with Gasteiger partial charge in [0.2, 0.25) is 5.91 Å². The molecule has 0 spiro atoms. The molecule has 0 aromatic carbocycles. The van der Waals surface area contributed by atoms with E-state index in [2.05, 4.69) is 25.8 Å². The lowest BCUT2D eigenvalue weighted by molar-refractivity contribution is -0.122. The van der Waals surface area contributed by atoms with Crippen LogP contribution in [-0.2, 0) is 9.53 Å². The van der Waals surface area contributed by atoms with Crippen molar-refractivity contribution in [3.8, 4) is 0 Å². The number of carbonyl (C=O) groups is 2. The molecule has 2 aromatic heterocycles. The molecule has 8 nitrogen and oxygen atoms in total. The fourth-order valence-corrected chi connectivity index (χ4v) is 3.72. The summed E-state index contributed by atoms with van der Waals surface area (Å²) in [6.07, 6.45) is 3.19. The van der Waals surface area contributed by atoms with Crippen molar-refractivity contribution in [2.75, 3.05) is 18.5 Å². The monoisotopic (exact) mass is 383 g/mol. The van der Waals surface area contributed by atoms with Crippen LogP contribution in [0.4, 0.5) is 5.82 Å². The zero-order chi connectivity index (χ0) is 19.5. The van der Waals surface area contributed by atoms with Gasteiger partial charge >= 0.3 is 0 Å². The molecule has 0 atom stereocenters. The summed E-state index contributed by atoms with van der Waals surface area (Å²) in [6.45, 7) is 3.14. The number of ether oxygens (including phenoxy) is 1. The number of hydrogen-bond donors (Lipinski definition) is 3. The molecule has 4 rings (SSSR count). The summed E-state index contributed by atoms with van der Waals surface area (Å²) in [7, 11) is 0. The van der Waals surface area contributed by atoms with Gasteiger partial charge in [0.05, 0.1) is 0 Å². The Labute approximate surface area is 163 Å². The topological polar surface area (TPSA) is 109 Å². The average molecular weight is 383 g/mol. The number of rotatable bonds is 5. The minimum Gasteiger partial charge on any atom is -0.381 e. The first-order valence-electron chi connectivity index (χ1n) is 9.77. The molecule has 148 valence electrons. The minimum absolute atomic E-state index is 0.00533. The van der Waals surface area contributed by atoms with E-state index in [0.29, 0.717) is 30.6 Å². The third kappa shape index (κ3) is 4.22. The van der Waals surface area contributed by atoms with Gasteiger partial charge in [-0.3, -0.25) is 14.7 Å². The van der Waals surface area contributed by atoms with Crippen LogP contribution < -0.4 is 10.6 Å². The molecule has 1 saturated carbocycles. The average Bonchev–Trinajstić information content (AvgIpc) is 3.12. The molecule has 2 fully saturated rings. The first kappa shape index (κ1) is 18.6. The van der Waals surface area contributed by atoms with E-state index < -0.39 is 0 Å². The Morgan fingerprint density at radius 3 is 2.75 bits per heavy atom. The number of hydrogen-bond acceptors (Lipinski definition) is 5. The number of aromatic amines is 1. The predicted octanol–water partition coefficient (Wildman–Crippen LogP) is 2.15. The van der Waals surface area contributed by atoms with Gasteiger partial charge in [-0.25, -0.2) is 4.98 Å². The number of nitrogens with one attached hydrogen (secondary N) is 3. The highest BCUT2D eigenvalue weighted by atomic mass is 16.5. The molecule has 2 amide bonds. The van der Waals surface area contributed by atoms with Gasteiger partial charge in [-0.1, -0.05) is 6.07 Å². The van der Waals surface area contributed by atoms with Crippen LogP contribution in [0.3, 0.4) is 0 Å². The highest BCUT2D eigenvalue weighted by molar-refractivity contribution is 5.92. The predicted molar refractivity (Wildman–Crippen MR) is 103 cm³/mol. The van der Waals surface area contributed by atoms with Gasteiger partial charge in [0.15, 0.2) is 5.82 Å². The van der Waals surface area contributed by atoms with Crippen molar-refractivity contribution in [1.29, 1.82) is 0 Å². The summed E-state index contributed by atoms with van der Waals surface area (Å²) in [5.41, 5.74) is 2.26. The maximum atomic E-state index is 12.3. The number of amides is 2. The maximum absolute atomic E-state index is 12.3. The second-order valence-electron chi connectivity index (χ2n) is 7.59. The van der Waals surface area contributed by atoms with Crippen LogP contribution in [0.25, 0.3) is 0 Å². The Kier molecular flexibility index (Phi) is 5.38. The summed E-state index contributed by atoms with van der Waals surface area (Å²) >= 11 is 0. The smallest absolute Gasteiger partial charge is 0.270 e. The Morgan fingerprint density at radius 1 is 1.21 bits per heavy atom. The van der Waals surface area contributed by atoms with E-state index in [0.717, 1.165) is 37.1 Å². The summed E-state index contributed by atoms with van der Waals surface area (Å²) < 4.78 is 5.29. The van der Waals surface area contributed by atoms with Crippen LogP contribution in [0, 0.1) is 12.8 Å². The van der Waals surface area contributed by atoms with Crippen molar-refractivity contribution < 1.29 is 14.3 Å². The Hall–Kier alpha value is -2.74. The van der Waals surface area contributed by atoms with Crippen molar-refractivity contribution in [3.63, 3.8) is 0 Å². The van der Waals surface area contributed by atoms with Gasteiger partial charge in [-0.2, -0.15) is 5.10 Å².